The van der Waals surface area contributed by atoms with Gasteiger partial charge in [-0.05, 0) is 6.54 Å². The van der Waals surface area contributed by atoms with Crippen LogP contribution in [0, 0.1) is 0 Å². The number of alkyl halides is 2. The van der Waals surface area contributed by atoms with Gasteiger partial charge in [-0.1, -0.05) is 18.3 Å². The molecule has 1 heterocycles. The summed E-state index contributed by atoms with van der Waals surface area (Å²) < 4.78 is 24.0. The molecule has 0 saturated heterocycles. The van der Waals surface area contributed by atoms with Crippen LogP contribution >= 0.6 is 11.3 Å². The first-order valence-corrected chi connectivity index (χ1v) is 4.36. The van der Waals surface area contributed by atoms with Crippen LogP contribution < -0.4 is 5.32 Å². The van der Waals surface area contributed by atoms with Crippen LogP contribution in [-0.2, 0) is 6.54 Å². The van der Waals surface area contributed by atoms with Crippen molar-refractivity contribution in [3.05, 3.63) is 10.0 Å². The largest absolute Gasteiger partial charge is 0.311 e. The first-order chi connectivity index (χ1) is 5.74. The molecule has 1 aromatic heterocycles. The summed E-state index contributed by atoms with van der Waals surface area (Å²) in [7, 11) is 0. The number of nitrogens with zero attached hydrogens (tertiary/aromatic N) is 2. The number of hydrogen-bond donors (Lipinski definition) is 1. The van der Waals surface area contributed by atoms with E-state index in [1.807, 2.05) is 6.92 Å². The monoisotopic (exact) mass is 193 g/mol. The topological polar surface area (TPSA) is 37.8 Å². The Morgan fingerprint density at radius 2 is 2.25 bits per heavy atom. The first kappa shape index (κ1) is 9.47. The summed E-state index contributed by atoms with van der Waals surface area (Å²) in [5.41, 5.74) is 0. The fourth-order valence-electron chi connectivity index (χ4n) is 0.658. The van der Waals surface area contributed by atoms with Crippen molar-refractivity contribution in [2.75, 3.05) is 6.54 Å². The van der Waals surface area contributed by atoms with E-state index >= 15 is 0 Å². The maximum absolute atomic E-state index is 12.0. The Morgan fingerprint density at radius 1 is 1.50 bits per heavy atom. The predicted octanol–water partition coefficient (Wildman–Crippen LogP) is 1.59. The van der Waals surface area contributed by atoms with Gasteiger partial charge in [-0.3, -0.25) is 0 Å². The zero-order valence-electron chi connectivity index (χ0n) is 6.55. The van der Waals surface area contributed by atoms with Crippen LogP contribution in [-0.4, -0.2) is 16.7 Å². The molecule has 0 radical (unpaired) electrons. The Labute approximate surface area is 72.8 Å². The number of aromatic nitrogens is 2. The Balaban J connectivity index is 2.52. The van der Waals surface area contributed by atoms with Crippen LogP contribution in [0.4, 0.5) is 8.78 Å². The summed E-state index contributed by atoms with van der Waals surface area (Å²) in [6, 6.07) is 0. The lowest BCUT2D eigenvalue weighted by atomic mass is 10.6. The molecule has 3 nitrogen and oxygen atoms in total. The van der Waals surface area contributed by atoms with E-state index in [2.05, 4.69) is 15.5 Å². The SMILES string of the molecule is CCNCc1nnc(C(F)F)s1. The summed E-state index contributed by atoms with van der Waals surface area (Å²) in [6.45, 7) is 3.25. The van der Waals surface area contributed by atoms with E-state index in [1.54, 1.807) is 0 Å². The molecule has 0 saturated carbocycles. The van der Waals surface area contributed by atoms with Crippen LogP contribution in [0.5, 0.6) is 0 Å². The van der Waals surface area contributed by atoms with Gasteiger partial charge in [0.1, 0.15) is 5.01 Å². The van der Waals surface area contributed by atoms with Gasteiger partial charge < -0.3 is 5.32 Å². The van der Waals surface area contributed by atoms with E-state index < -0.39 is 6.43 Å². The summed E-state index contributed by atoms with van der Waals surface area (Å²) >= 11 is 0.946. The Kier molecular flexibility index (Phi) is 3.48. The van der Waals surface area contributed by atoms with Gasteiger partial charge in [-0.15, -0.1) is 10.2 Å². The Morgan fingerprint density at radius 3 is 2.75 bits per heavy atom. The van der Waals surface area contributed by atoms with Gasteiger partial charge in [0.05, 0.1) is 0 Å². The highest BCUT2D eigenvalue weighted by molar-refractivity contribution is 7.11. The van der Waals surface area contributed by atoms with Gasteiger partial charge in [0.15, 0.2) is 5.01 Å². The third-order valence-electron chi connectivity index (χ3n) is 1.20. The van der Waals surface area contributed by atoms with Gasteiger partial charge in [-0.2, -0.15) is 0 Å². The summed E-state index contributed by atoms with van der Waals surface area (Å²) in [6.07, 6.45) is -2.50. The molecule has 0 atom stereocenters. The first-order valence-electron chi connectivity index (χ1n) is 3.55. The minimum Gasteiger partial charge on any atom is -0.311 e. The average Bonchev–Trinajstić information content (AvgIpc) is 2.48. The maximum atomic E-state index is 12.0. The quantitative estimate of drug-likeness (QED) is 0.789. The van der Waals surface area contributed by atoms with E-state index in [1.165, 1.54) is 0 Å². The van der Waals surface area contributed by atoms with E-state index in [4.69, 9.17) is 0 Å². The lowest BCUT2D eigenvalue weighted by molar-refractivity contribution is 0.150. The van der Waals surface area contributed by atoms with Crippen molar-refractivity contribution in [3.8, 4) is 0 Å². The lowest BCUT2D eigenvalue weighted by Gasteiger charge is -1.93. The average molecular weight is 193 g/mol. The summed E-state index contributed by atoms with van der Waals surface area (Å²) in [5, 5.41) is 10.3. The highest BCUT2D eigenvalue weighted by Gasteiger charge is 2.12. The van der Waals surface area contributed by atoms with Crippen LogP contribution in [0.25, 0.3) is 0 Å². The third kappa shape index (κ3) is 2.46. The second-order valence-electron chi connectivity index (χ2n) is 2.12. The second kappa shape index (κ2) is 4.42. The molecule has 12 heavy (non-hydrogen) atoms. The smallest absolute Gasteiger partial charge is 0.291 e. The van der Waals surface area contributed by atoms with Crippen molar-refractivity contribution in [3.63, 3.8) is 0 Å². The Bertz CT molecular complexity index is 238. The van der Waals surface area contributed by atoms with Crippen LogP contribution in [0.15, 0.2) is 0 Å². The fraction of sp³-hybridized carbons (Fsp3) is 0.667. The molecule has 0 aliphatic rings. The second-order valence-corrected chi connectivity index (χ2v) is 3.21. The molecular formula is C6H9F2N3S. The molecule has 0 amide bonds. The van der Waals surface area contributed by atoms with Crippen LogP contribution in [0.3, 0.4) is 0 Å². The molecule has 0 aliphatic carbocycles. The lowest BCUT2D eigenvalue weighted by Crippen LogP contribution is -2.11. The third-order valence-corrected chi connectivity index (χ3v) is 2.13. The molecule has 68 valence electrons. The predicted molar refractivity (Wildman–Crippen MR) is 42.2 cm³/mol. The van der Waals surface area contributed by atoms with Crippen molar-refractivity contribution in [1.82, 2.24) is 15.5 Å². The molecule has 0 bridgehead atoms. The molecule has 0 fully saturated rings. The zero-order chi connectivity index (χ0) is 8.97. The van der Waals surface area contributed by atoms with Gasteiger partial charge in [0.25, 0.3) is 6.43 Å². The highest BCUT2D eigenvalue weighted by Crippen LogP contribution is 2.21. The molecule has 1 rings (SSSR count). The number of hydrogen-bond acceptors (Lipinski definition) is 4. The molecule has 6 heteroatoms. The zero-order valence-corrected chi connectivity index (χ0v) is 7.37. The van der Waals surface area contributed by atoms with Crippen molar-refractivity contribution in [2.24, 2.45) is 0 Å². The Hall–Kier alpha value is -0.620. The van der Waals surface area contributed by atoms with E-state index in [9.17, 15) is 8.78 Å². The minimum atomic E-state index is -2.50. The molecule has 1 aromatic rings. The minimum absolute atomic E-state index is 0.206. The maximum Gasteiger partial charge on any atom is 0.291 e. The molecule has 0 spiro atoms. The number of nitrogens with one attached hydrogen (secondary N) is 1. The van der Waals surface area contributed by atoms with E-state index in [0.717, 1.165) is 17.9 Å². The van der Waals surface area contributed by atoms with E-state index in [-0.39, 0.29) is 5.01 Å². The number of rotatable bonds is 4. The van der Waals surface area contributed by atoms with Crippen LogP contribution in [0.1, 0.15) is 23.4 Å². The molecule has 0 unspecified atom stereocenters. The van der Waals surface area contributed by atoms with Gasteiger partial charge in [0.2, 0.25) is 0 Å². The van der Waals surface area contributed by atoms with Crippen molar-refractivity contribution >= 4 is 11.3 Å². The van der Waals surface area contributed by atoms with Gasteiger partial charge >= 0.3 is 0 Å². The van der Waals surface area contributed by atoms with Crippen molar-refractivity contribution < 1.29 is 8.78 Å². The van der Waals surface area contributed by atoms with Crippen molar-refractivity contribution in [2.45, 2.75) is 19.9 Å². The molecule has 0 aliphatic heterocycles. The molecule has 1 N–H and O–H groups in total. The summed E-state index contributed by atoms with van der Waals surface area (Å²) in [4.78, 5) is 0. The fourth-order valence-corrected chi connectivity index (χ4v) is 1.33. The highest BCUT2D eigenvalue weighted by atomic mass is 32.1. The normalized spacial score (nSPS) is 11.0. The summed E-state index contributed by atoms with van der Waals surface area (Å²) in [5.74, 6) is 0. The van der Waals surface area contributed by atoms with E-state index in [0.29, 0.717) is 11.6 Å². The molecule has 0 aromatic carbocycles. The van der Waals surface area contributed by atoms with Gasteiger partial charge in [0, 0.05) is 6.54 Å². The van der Waals surface area contributed by atoms with Gasteiger partial charge in [-0.25, -0.2) is 8.78 Å². The molecular weight excluding hydrogens is 184 g/mol. The standard InChI is InChI=1S/C6H9F2N3S/c1-2-9-3-4-10-11-6(12-4)5(7)8/h5,9H,2-3H2,1H3. The van der Waals surface area contributed by atoms with Crippen LogP contribution in [0.2, 0.25) is 0 Å². The van der Waals surface area contributed by atoms with Crippen molar-refractivity contribution in [1.29, 1.82) is 0 Å². The number of halogens is 2.